The van der Waals surface area contributed by atoms with Crippen LogP contribution in [0.2, 0.25) is 0 Å². The van der Waals surface area contributed by atoms with E-state index in [-0.39, 0.29) is 23.0 Å². The van der Waals surface area contributed by atoms with Crippen LogP contribution in [0, 0.1) is 0 Å². The van der Waals surface area contributed by atoms with Crippen molar-refractivity contribution in [1.29, 1.82) is 0 Å². The highest BCUT2D eigenvalue weighted by Gasteiger charge is 2.24. The summed E-state index contributed by atoms with van der Waals surface area (Å²) in [5.74, 6) is -2.93. The lowest BCUT2D eigenvalue weighted by atomic mass is 10.1. The summed E-state index contributed by atoms with van der Waals surface area (Å²) < 4.78 is 25.6. The molecule has 0 saturated carbocycles. The number of ether oxygens (including phenoxy) is 5. The molecule has 0 unspecified atom stereocenters. The average Bonchev–Trinajstić information content (AvgIpc) is 2.78. The first-order chi connectivity index (χ1) is 14.9. The number of hydrogen-bond acceptors (Lipinski definition) is 8. The normalized spacial score (nSPS) is 11.5. The highest BCUT2D eigenvalue weighted by molar-refractivity contribution is 5.98. The molecule has 0 spiro atoms. The maximum atomic E-state index is 12.3. The van der Waals surface area contributed by atoms with Gasteiger partial charge in [0.1, 0.15) is 5.75 Å². The number of hydrogen-bond donors (Lipinski definition) is 2. The van der Waals surface area contributed by atoms with Gasteiger partial charge in [0.2, 0.25) is 5.75 Å². The number of carboxylic acids is 1. The van der Waals surface area contributed by atoms with Crippen molar-refractivity contribution in [2.45, 2.75) is 0 Å². The standard InChI is InChI=1S/C22H22O9/c1-27-15-8-6-5-7-14(15)20(30-4)21(22(25)26)31-18(23)10-9-13-11-16(28-2)19(24)17(12-13)29-3/h5-12,24H,1-4H3,(H,25,26). The maximum Gasteiger partial charge on any atom is 0.375 e. The van der Waals surface area contributed by atoms with Crippen LogP contribution in [0.5, 0.6) is 23.0 Å². The minimum atomic E-state index is -1.50. The Hall–Kier alpha value is -4.14. The zero-order valence-electron chi connectivity index (χ0n) is 17.4. The Bertz CT molecular complexity index is 996. The van der Waals surface area contributed by atoms with Gasteiger partial charge in [-0.05, 0) is 35.9 Å². The second-order valence-corrected chi connectivity index (χ2v) is 5.90. The first-order valence-corrected chi connectivity index (χ1v) is 8.86. The van der Waals surface area contributed by atoms with Crippen molar-refractivity contribution >= 4 is 23.8 Å². The minimum absolute atomic E-state index is 0.135. The third-order valence-corrected chi connectivity index (χ3v) is 4.07. The molecule has 0 aliphatic rings. The Balaban J connectivity index is 2.37. The molecule has 9 heteroatoms. The molecule has 2 aromatic carbocycles. The van der Waals surface area contributed by atoms with Gasteiger partial charge in [-0.3, -0.25) is 0 Å². The number of phenols is 1. The SMILES string of the molecule is COC(=C(OC(=O)C=Cc1cc(OC)c(O)c(OC)c1)C(=O)O)c1ccccc1OC. The van der Waals surface area contributed by atoms with E-state index in [0.717, 1.165) is 6.08 Å². The lowest BCUT2D eigenvalue weighted by Gasteiger charge is -2.13. The number of rotatable bonds is 9. The molecule has 0 aliphatic heterocycles. The van der Waals surface area contributed by atoms with Gasteiger partial charge < -0.3 is 33.9 Å². The van der Waals surface area contributed by atoms with Gasteiger partial charge >= 0.3 is 11.9 Å². The van der Waals surface area contributed by atoms with Crippen molar-refractivity contribution in [3.05, 3.63) is 59.4 Å². The van der Waals surface area contributed by atoms with Crippen LogP contribution in [0.1, 0.15) is 11.1 Å². The van der Waals surface area contributed by atoms with Gasteiger partial charge in [0.05, 0.1) is 34.0 Å². The number of carbonyl (C=O) groups excluding carboxylic acids is 1. The molecular formula is C22H22O9. The summed E-state index contributed by atoms with van der Waals surface area (Å²) in [6.45, 7) is 0. The number of esters is 1. The van der Waals surface area contributed by atoms with Crippen LogP contribution in [-0.2, 0) is 19.1 Å². The van der Waals surface area contributed by atoms with Crippen molar-refractivity contribution in [3.63, 3.8) is 0 Å². The summed E-state index contributed by atoms with van der Waals surface area (Å²) in [5, 5.41) is 19.5. The fourth-order valence-electron chi connectivity index (χ4n) is 2.65. The summed E-state index contributed by atoms with van der Waals surface area (Å²) in [6.07, 6.45) is 2.37. The van der Waals surface area contributed by atoms with Crippen LogP contribution in [0.25, 0.3) is 11.8 Å². The van der Waals surface area contributed by atoms with E-state index in [1.54, 1.807) is 24.3 Å². The summed E-state index contributed by atoms with van der Waals surface area (Å²) in [7, 11) is 5.40. The third-order valence-electron chi connectivity index (χ3n) is 4.07. The number of benzene rings is 2. The zero-order valence-corrected chi connectivity index (χ0v) is 17.4. The number of aromatic hydroxyl groups is 1. The second kappa shape index (κ2) is 10.6. The number of methoxy groups -OCH3 is 4. The van der Waals surface area contributed by atoms with Crippen LogP contribution >= 0.6 is 0 Å². The van der Waals surface area contributed by atoms with Crippen LogP contribution in [-0.4, -0.2) is 50.6 Å². The van der Waals surface area contributed by atoms with E-state index in [4.69, 9.17) is 23.7 Å². The first kappa shape index (κ1) is 23.1. The maximum absolute atomic E-state index is 12.3. The van der Waals surface area contributed by atoms with E-state index in [1.807, 2.05) is 0 Å². The second-order valence-electron chi connectivity index (χ2n) is 5.90. The summed E-state index contributed by atoms with van der Waals surface area (Å²) in [6, 6.07) is 9.46. The van der Waals surface area contributed by atoms with Crippen molar-refractivity contribution in [3.8, 4) is 23.0 Å². The molecular weight excluding hydrogens is 408 g/mol. The summed E-state index contributed by atoms with van der Waals surface area (Å²) in [5.41, 5.74) is 0.746. The number of phenolic OH excluding ortho intramolecular Hbond substituents is 1. The van der Waals surface area contributed by atoms with E-state index in [2.05, 4.69) is 0 Å². The molecule has 0 atom stereocenters. The Morgan fingerprint density at radius 3 is 2.00 bits per heavy atom. The summed E-state index contributed by atoms with van der Waals surface area (Å²) in [4.78, 5) is 24.1. The molecule has 0 fully saturated rings. The Morgan fingerprint density at radius 1 is 0.903 bits per heavy atom. The number of carboxylic acid groups (broad SMARTS) is 1. The number of aliphatic carboxylic acids is 1. The van der Waals surface area contributed by atoms with E-state index in [1.165, 1.54) is 46.6 Å². The molecule has 0 radical (unpaired) electrons. The lowest BCUT2D eigenvalue weighted by molar-refractivity contribution is -0.145. The monoisotopic (exact) mass is 430 g/mol. The first-order valence-electron chi connectivity index (χ1n) is 8.86. The fraction of sp³-hybridized carbons (Fsp3) is 0.182. The molecule has 0 bridgehead atoms. The van der Waals surface area contributed by atoms with Gasteiger partial charge in [-0.1, -0.05) is 12.1 Å². The predicted molar refractivity (Wildman–Crippen MR) is 111 cm³/mol. The zero-order chi connectivity index (χ0) is 23.0. The van der Waals surface area contributed by atoms with Crippen LogP contribution < -0.4 is 14.2 Å². The van der Waals surface area contributed by atoms with Gasteiger partial charge in [0.25, 0.3) is 5.76 Å². The highest BCUT2D eigenvalue weighted by Crippen LogP contribution is 2.37. The van der Waals surface area contributed by atoms with Crippen LogP contribution in [0.3, 0.4) is 0 Å². The van der Waals surface area contributed by atoms with Gasteiger partial charge in [-0.25, -0.2) is 9.59 Å². The predicted octanol–water partition coefficient (Wildman–Crippen LogP) is 3.07. The van der Waals surface area contributed by atoms with E-state index in [0.29, 0.717) is 16.9 Å². The molecule has 0 aromatic heterocycles. The smallest absolute Gasteiger partial charge is 0.375 e. The molecule has 9 nitrogen and oxygen atoms in total. The molecule has 0 saturated heterocycles. The summed E-state index contributed by atoms with van der Waals surface area (Å²) >= 11 is 0. The highest BCUT2D eigenvalue weighted by atomic mass is 16.6. The van der Waals surface area contributed by atoms with Crippen molar-refractivity contribution < 1.29 is 43.5 Å². The number of para-hydroxylation sites is 1. The molecule has 0 heterocycles. The van der Waals surface area contributed by atoms with Gasteiger partial charge in [-0.2, -0.15) is 0 Å². The number of carbonyl (C=O) groups is 2. The topological polar surface area (TPSA) is 121 Å². The molecule has 164 valence electrons. The fourth-order valence-corrected chi connectivity index (χ4v) is 2.65. The van der Waals surface area contributed by atoms with E-state index >= 15 is 0 Å². The van der Waals surface area contributed by atoms with Crippen molar-refractivity contribution in [1.82, 2.24) is 0 Å². The Labute approximate surface area is 178 Å². The van der Waals surface area contributed by atoms with E-state index in [9.17, 15) is 19.8 Å². The molecule has 0 amide bonds. The third kappa shape index (κ3) is 5.47. The van der Waals surface area contributed by atoms with Crippen molar-refractivity contribution in [2.24, 2.45) is 0 Å². The van der Waals surface area contributed by atoms with Gasteiger partial charge in [-0.15, -0.1) is 0 Å². The van der Waals surface area contributed by atoms with Gasteiger partial charge in [0.15, 0.2) is 17.3 Å². The van der Waals surface area contributed by atoms with Crippen molar-refractivity contribution in [2.75, 3.05) is 28.4 Å². The van der Waals surface area contributed by atoms with E-state index < -0.39 is 17.7 Å². The molecule has 2 rings (SSSR count). The molecule has 2 aromatic rings. The largest absolute Gasteiger partial charge is 0.502 e. The van der Waals surface area contributed by atoms with Crippen LogP contribution in [0.4, 0.5) is 0 Å². The minimum Gasteiger partial charge on any atom is -0.502 e. The quantitative estimate of drug-likeness (QED) is 0.351. The van der Waals surface area contributed by atoms with Crippen LogP contribution in [0.15, 0.2) is 48.2 Å². The average molecular weight is 430 g/mol. The molecule has 0 aliphatic carbocycles. The Morgan fingerprint density at radius 2 is 1.48 bits per heavy atom. The molecule has 2 N–H and O–H groups in total. The molecule has 31 heavy (non-hydrogen) atoms. The Kier molecular flexibility index (Phi) is 7.90. The lowest BCUT2D eigenvalue weighted by Crippen LogP contribution is -2.13. The van der Waals surface area contributed by atoms with Gasteiger partial charge in [0, 0.05) is 6.08 Å².